The summed E-state index contributed by atoms with van der Waals surface area (Å²) in [6.45, 7) is 4.25. The van der Waals surface area contributed by atoms with Crippen LogP contribution in [0.25, 0.3) is 0 Å². The molecule has 0 bridgehead atoms. The number of nitrogens with one attached hydrogen (secondary N) is 1. The predicted molar refractivity (Wildman–Crippen MR) is 74.3 cm³/mol. The Morgan fingerprint density at radius 1 is 1.35 bits per heavy atom. The maximum absolute atomic E-state index is 5.39. The van der Waals surface area contributed by atoms with Gasteiger partial charge < -0.3 is 9.73 Å². The van der Waals surface area contributed by atoms with Crippen LogP contribution in [0.15, 0.2) is 45.5 Å². The number of aryl methyl sites for hydroxylation is 1. The van der Waals surface area contributed by atoms with Crippen molar-refractivity contribution in [3.63, 3.8) is 0 Å². The smallest absolute Gasteiger partial charge is 0.125 e. The minimum Gasteiger partial charge on any atom is -0.467 e. The van der Waals surface area contributed by atoms with E-state index in [4.69, 9.17) is 4.42 Å². The van der Waals surface area contributed by atoms with Crippen molar-refractivity contribution in [3.05, 3.63) is 52.4 Å². The van der Waals surface area contributed by atoms with Gasteiger partial charge in [-0.3, -0.25) is 0 Å². The lowest BCUT2D eigenvalue weighted by molar-refractivity contribution is 0.490. The Hall–Kier alpha value is -1.22. The largest absolute Gasteiger partial charge is 0.467 e. The lowest BCUT2D eigenvalue weighted by Gasteiger charge is -2.16. The molecule has 1 unspecified atom stereocenters. The normalized spacial score (nSPS) is 12.4. The summed E-state index contributed by atoms with van der Waals surface area (Å²) in [4.78, 5) is 0. The summed E-state index contributed by atoms with van der Waals surface area (Å²) in [5, 5.41) is 3.48. The maximum Gasteiger partial charge on any atom is 0.125 e. The lowest BCUT2D eigenvalue weighted by atomic mass is 10.1. The molecule has 3 heteroatoms. The zero-order chi connectivity index (χ0) is 12.3. The van der Waals surface area contributed by atoms with E-state index in [1.54, 1.807) is 6.26 Å². The van der Waals surface area contributed by atoms with Crippen LogP contribution in [-0.4, -0.2) is 0 Å². The number of anilines is 1. The molecule has 2 nitrogen and oxygen atoms in total. The third kappa shape index (κ3) is 2.91. The van der Waals surface area contributed by atoms with Gasteiger partial charge in [0.05, 0.1) is 12.3 Å². The number of rotatable bonds is 4. The molecular formula is C14H16BrNO. The van der Waals surface area contributed by atoms with Gasteiger partial charge in [0.15, 0.2) is 0 Å². The Labute approximate surface area is 110 Å². The summed E-state index contributed by atoms with van der Waals surface area (Å²) in [6, 6.07) is 10.4. The van der Waals surface area contributed by atoms with Gasteiger partial charge in [0.1, 0.15) is 5.76 Å². The molecule has 0 spiro atoms. The highest BCUT2D eigenvalue weighted by Gasteiger charge is 2.09. The van der Waals surface area contributed by atoms with E-state index in [0.717, 1.165) is 16.7 Å². The fourth-order valence-electron chi connectivity index (χ4n) is 1.84. The van der Waals surface area contributed by atoms with Crippen molar-refractivity contribution in [2.45, 2.75) is 26.3 Å². The molecule has 2 rings (SSSR count). The van der Waals surface area contributed by atoms with Gasteiger partial charge in [-0.25, -0.2) is 0 Å². The van der Waals surface area contributed by atoms with Gasteiger partial charge in [0.25, 0.3) is 0 Å². The van der Waals surface area contributed by atoms with Crippen LogP contribution < -0.4 is 5.32 Å². The van der Waals surface area contributed by atoms with Crippen molar-refractivity contribution in [1.82, 2.24) is 0 Å². The number of halogens is 1. The van der Waals surface area contributed by atoms with Crippen LogP contribution >= 0.6 is 15.9 Å². The van der Waals surface area contributed by atoms with E-state index in [2.05, 4.69) is 53.3 Å². The first-order valence-electron chi connectivity index (χ1n) is 5.79. The van der Waals surface area contributed by atoms with Crippen LogP contribution in [0.1, 0.15) is 31.2 Å². The molecular weight excluding hydrogens is 278 g/mol. The fraction of sp³-hybridized carbons (Fsp3) is 0.286. The number of hydrogen-bond acceptors (Lipinski definition) is 2. The molecule has 0 saturated carbocycles. The van der Waals surface area contributed by atoms with E-state index >= 15 is 0 Å². The molecule has 1 N–H and O–H groups in total. The van der Waals surface area contributed by atoms with Gasteiger partial charge >= 0.3 is 0 Å². The SMILES string of the molecule is CCc1cc(Br)ccc1NC(C)c1ccco1. The van der Waals surface area contributed by atoms with Crippen molar-refractivity contribution in [2.24, 2.45) is 0 Å². The molecule has 0 fully saturated rings. The Bertz CT molecular complexity index is 479. The fourth-order valence-corrected chi connectivity index (χ4v) is 2.25. The Balaban J connectivity index is 2.18. The molecule has 0 aliphatic rings. The van der Waals surface area contributed by atoms with E-state index in [9.17, 15) is 0 Å². The second-order valence-corrected chi connectivity index (χ2v) is 4.95. The number of furan rings is 1. The summed E-state index contributed by atoms with van der Waals surface area (Å²) < 4.78 is 6.51. The van der Waals surface area contributed by atoms with Gasteiger partial charge in [-0.15, -0.1) is 0 Å². The summed E-state index contributed by atoms with van der Waals surface area (Å²) in [5.41, 5.74) is 2.47. The third-order valence-electron chi connectivity index (χ3n) is 2.79. The molecule has 0 radical (unpaired) electrons. The maximum atomic E-state index is 5.39. The van der Waals surface area contributed by atoms with E-state index in [1.165, 1.54) is 11.3 Å². The molecule has 0 aliphatic heterocycles. The van der Waals surface area contributed by atoms with E-state index in [-0.39, 0.29) is 6.04 Å². The van der Waals surface area contributed by atoms with Crippen molar-refractivity contribution in [2.75, 3.05) is 5.32 Å². The first-order valence-corrected chi connectivity index (χ1v) is 6.58. The van der Waals surface area contributed by atoms with Crippen LogP contribution in [0.4, 0.5) is 5.69 Å². The van der Waals surface area contributed by atoms with Crippen LogP contribution in [0.2, 0.25) is 0 Å². The van der Waals surface area contributed by atoms with Crippen molar-refractivity contribution >= 4 is 21.6 Å². The van der Waals surface area contributed by atoms with Crippen LogP contribution in [0.5, 0.6) is 0 Å². The van der Waals surface area contributed by atoms with Crippen molar-refractivity contribution < 1.29 is 4.42 Å². The number of benzene rings is 1. The molecule has 1 aromatic heterocycles. The molecule has 1 aromatic carbocycles. The van der Waals surface area contributed by atoms with Gasteiger partial charge in [0.2, 0.25) is 0 Å². The highest BCUT2D eigenvalue weighted by Crippen LogP contribution is 2.25. The van der Waals surface area contributed by atoms with E-state index in [1.807, 2.05) is 12.1 Å². The lowest BCUT2D eigenvalue weighted by Crippen LogP contribution is -2.07. The van der Waals surface area contributed by atoms with Crippen molar-refractivity contribution in [3.8, 4) is 0 Å². The van der Waals surface area contributed by atoms with Crippen molar-refractivity contribution in [1.29, 1.82) is 0 Å². The van der Waals surface area contributed by atoms with Gasteiger partial charge in [-0.2, -0.15) is 0 Å². The third-order valence-corrected chi connectivity index (χ3v) is 3.28. The summed E-state index contributed by atoms with van der Waals surface area (Å²) in [7, 11) is 0. The Kier molecular flexibility index (Phi) is 3.89. The van der Waals surface area contributed by atoms with Crippen LogP contribution in [0.3, 0.4) is 0 Å². The summed E-state index contributed by atoms with van der Waals surface area (Å²) >= 11 is 3.50. The quantitative estimate of drug-likeness (QED) is 0.878. The predicted octanol–water partition coefficient (Wildman–Crippen LogP) is 4.78. The van der Waals surface area contributed by atoms with Crippen LogP contribution in [0, 0.1) is 0 Å². The molecule has 1 atom stereocenters. The first-order chi connectivity index (χ1) is 8.20. The zero-order valence-electron chi connectivity index (χ0n) is 10.0. The average Bonchev–Trinajstić information content (AvgIpc) is 2.85. The zero-order valence-corrected chi connectivity index (χ0v) is 11.6. The monoisotopic (exact) mass is 293 g/mol. The van der Waals surface area contributed by atoms with Crippen LogP contribution in [-0.2, 0) is 6.42 Å². The second-order valence-electron chi connectivity index (χ2n) is 4.04. The van der Waals surface area contributed by atoms with Gasteiger partial charge in [-0.05, 0) is 49.2 Å². The number of hydrogen-bond donors (Lipinski definition) is 1. The minimum atomic E-state index is 0.177. The topological polar surface area (TPSA) is 25.2 Å². The summed E-state index contributed by atoms with van der Waals surface area (Å²) in [6.07, 6.45) is 2.71. The van der Waals surface area contributed by atoms with Gasteiger partial charge in [-0.1, -0.05) is 22.9 Å². The molecule has 0 saturated heterocycles. The second kappa shape index (κ2) is 5.41. The average molecular weight is 294 g/mol. The summed E-state index contributed by atoms with van der Waals surface area (Å²) in [5.74, 6) is 0.954. The van der Waals surface area contributed by atoms with E-state index < -0.39 is 0 Å². The molecule has 1 heterocycles. The molecule has 0 aliphatic carbocycles. The molecule has 90 valence electrons. The van der Waals surface area contributed by atoms with E-state index in [0.29, 0.717) is 0 Å². The molecule has 17 heavy (non-hydrogen) atoms. The molecule has 2 aromatic rings. The Morgan fingerprint density at radius 2 is 2.18 bits per heavy atom. The Morgan fingerprint density at radius 3 is 2.82 bits per heavy atom. The highest BCUT2D eigenvalue weighted by molar-refractivity contribution is 9.10. The first kappa shape index (κ1) is 12.2. The minimum absolute atomic E-state index is 0.177. The van der Waals surface area contributed by atoms with Gasteiger partial charge in [0, 0.05) is 10.2 Å². The highest BCUT2D eigenvalue weighted by atomic mass is 79.9. The standard InChI is InChI=1S/C14H16BrNO/c1-3-11-9-12(15)6-7-13(11)16-10(2)14-5-4-8-17-14/h4-10,16H,3H2,1-2H3. The molecule has 0 amide bonds.